The third-order valence-corrected chi connectivity index (χ3v) is 3.69. The summed E-state index contributed by atoms with van der Waals surface area (Å²) in [6.45, 7) is 3.29. The van der Waals surface area contributed by atoms with E-state index in [0.717, 1.165) is 34.0 Å². The number of hydrogen-bond acceptors (Lipinski definition) is 2. The minimum atomic E-state index is 0.660. The molecule has 4 heteroatoms. The van der Waals surface area contributed by atoms with Crippen molar-refractivity contribution in [1.29, 1.82) is 0 Å². The van der Waals surface area contributed by atoms with Gasteiger partial charge in [-0.15, -0.1) is 0 Å². The zero-order valence-electron chi connectivity index (χ0n) is 10.8. The predicted molar refractivity (Wildman–Crippen MR) is 84.0 cm³/mol. The standard InChI is InChI=1S/C15H16BrClO2/c1-2-18-12-5-6-13-11(10-12)4-7-14(15(13)17)19-9-3-8-16/h4-7,10H,2-3,8-9H2,1H3. The molecule has 2 rings (SSSR count). The van der Waals surface area contributed by atoms with E-state index in [1.807, 2.05) is 37.3 Å². The Morgan fingerprint density at radius 2 is 2.00 bits per heavy atom. The van der Waals surface area contributed by atoms with Gasteiger partial charge in [-0.25, -0.2) is 0 Å². The first kappa shape index (κ1) is 14.5. The summed E-state index contributed by atoms with van der Waals surface area (Å²) in [6.07, 6.45) is 0.956. The topological polar surface area (TPSA) is 18.5 Å². The molecule has 0 aliphatic carbocycles. The van der Waals surface area contributed by atoms with Crippen LogP contribution in [-0.4, -0.2) is 18.5 Å². The summed E-state index contributed by atoms with van der Waals surface area (Å²) in [5.41, 5.74) is 0. The number of hydrogen-bond donors (Lipinski definition) is 0. The van der Waals surface area contributed by atoms with Crippen molar-refractivity contribution in [1.82, 2.24) is 0 Å². The number of benzene rings is 2. The Bertz CT molecular complexity index is 557. The van der Waals surface area contributed by atoms with Gasteiger partial charge >= 0.3 is 0 Å². The van der Waals surface area contributed by atoms with Crippen LogP contribution in [0.15, 0.2) is 30.3 Å². The minimum absolute atomic E-state index is 0.660. The van der Waals surface area contributed by atoms with Crippen molar-refractivity contribution in [3.8, 4) is 11.5 Å². The van der Waals surface area contributed by atoms with Gasteiger partial charge in [-0.1, -0.05) is 33.6 Å². The third-order valence-electron chi connectivity index (χ3n) is 2.74. The molecule has 0 N–H and O–H groups in total. The third kappa shape index (κ3) is 3.54. The molecule has 0 amide bonds. The van der Waals surface area contributed by atoms with E-state index in [2.05, 4.69) is 15.9 Å². The van der Waals surface area contributed by atoms with Crippen LogP contribution in [0.4, 0.5) is 0 Å². The molecule has 0 saturated heterocycles. The first-order valence-corrected chi connectivity index (χ1v) is 7.80. The number of alkyl halides is 1. The molecule has 0 aliphatic heterocycles. The molecule has 0 atom stereocenters. The zero-order valence-corrected chi connectivity index (χ0v) is 13.1. The van der Waals surface area contributed by atoms with Crippen LogP contribution >= 0.6 is 27.5 Å². The molecule has 0 radical (unpaired) electrons. The Kier molecular flexibility index (Phi) is 5.34. The fourth-order valence-electron chi connectivity index (χ4n) is 1.85. The molecule has 0 aliphatic rings. The maximum absolute atomic E-state index is 6.37. The highest BCUT2D eigenvalue weighted by molar-refractivity contribution is 9.09. The summed E-state index contributed by atoms with van der Waals surface area (Å²) in [7, 11) is 0. The van der Waals surface area contributed by atoms with Crippen LogP contribution in [0.5, 0.6) is 11.5 Å². The molecule has 2 aromatic carbocycles. The van der Waals surface area contributed by atoms with Crippen LogP contribution in [0.1, 0.15) is 13.3 Å². The maximum atomic E-state index is 6.37. The lowest BCUT2D eigenvalue weighted by atomic mass is 10.1. The highest BCUT2D eigenvalue weighted by Gasteiger charge is 2.07. The molecule has 0 bridgehead atoms. The highest BCUT2D eigenvalue weighted by Crippen LogP contribution is 2.34. The second kappa shape index (κ2) is 7.01. The number of ether oxygens (including phenoxy) is 2. The van der Waals surface area contributed by atoms with Gasteiger partial charge in [0.05, 0.1) is 18.2 Å². The predicted octanol–water partition coefficient (Wildman–Crippen LogP) is 5.06. The molecule has 2 nitrogen and oxygen atoms in total. The highest BCUT2D eigenvalue weighted by atomic mass is 79.9. The van der Waals surface area contributed by atoms with Crippen molar-refractivity contribution in [2.24, 2.45) is 0 Å². The molecule has 0 unspecified atom stereocenters. The molecule has 0 saturated carbocycles. The van der Waals surface area contributed by atoms with Crippen molar-refractivity contribution in [3.63, 3.8) is 0 Å². The summed E-state index contributed by atoms with van der Waals surface area (Å²) in [6, 6.07) is 9.81. The van der Waals surface area contributed by atoms with Crippen molar-refractivity contribution in [2.75, 3.05) is 18.5 Å². The average molecular weight is 344 g/mol. The fraction of sp³-hybridized carbons (Fsp3) is 0.333. The quantitative estimate of drug-likeness (QED) is 0.539. The van der Waals surface area contributed by atoms with Crippen LogP contribution in [0.3, 0.4) is 0 Å². The van der Waals surface area contributed by atoms with Gasteiger partial charge in [0.1, 0.15) is 11.5 Å². The van der Waals surface area contributed by atoms with Crippen LogP contribution in [0.2, 0.25) is 5.02 Å². The van der Waals surface area contributed by atoms with Gasteiger partial charge in [0.15, 0.2) is 0 Å². The summed E-state index contributed by atoms with van der Waals surface area (Å²) in [5.74, 6) is 1.60. The van der Waals surface area contributed by atoms with E-state index in [4.69, 9.17) is 21.1 Å². The van der Waals surface area contributed by atoms with Gasteiger partial charge in [0, 0.05) is 10.7 Å². The summed E-state index contributed by atoms with van der Waals surface area (Å²) in [5, 5.41) is 3.64. The summed E-state index contributed by atoms with van der Waals surface area (Å²) >= 11 is 9.75. The van der Waals surface area contributed by atoms with Gasteiger partial charge in [-0.3, -0.25) is 0 Å². The Morgan fingerprint density at radius 1 is 1.16 bits per heavy atom. The minimum Gasteiger partial charge on any atom is -0.494 e. The van der Waals surface area contributed by atoms with Gasteiger partial charge in [-0.05, 0) is 43.0 Å². The van der Waals surface area contributed by atoms with E-state index in [1.165, 1.54) is 0 Å². The largest absolute Gasteiger partial charge is 0.494 e. The maximum Gasteiger partial charge on any atom is 0.138 e. The first-order chi connectivity index (χ1) is 9.26. The number of fused-ring (bicyclic) bond motifs is 1. The zero-order chi connectivity index (χ0) is 13.7. The van der Waals surface area contributed by atoms with Crippen molar-refractivity contribution in [2.45, 2.75) is 13.3 Å². The van der Waals surface area contributed by atoms with E-state index in [1.54, 1.807) is 0 Å². The number of halogens is 2. The second-order valence-corrected chi connectivity index (χ2v) is 5.26. The van der Waals surface area contributed by atoms with Gasteiger partial charge in [0.25, 0.3) is 0 Å². The van der Waals surface area contributed by atoms with E-state index >= 15 is 0 Å². The molecule has 0 fully saturated rings. The van der Waals surface area contributed by atoms with E-state index < -0.39 is 0 Å². The van der Waals surface area contributed by atoms with Crippen LogP contribution < -0.4 is 9.47 Å². The average Bonchev–Trinajstić information content (AvgIpc) is 2.42. The smallest absolute Gasteiger partial charge is 0.138 e. The molecule has 2 aromatic rings. The fourth-order valence-corrected chi connectivity index (χ4v) is 2.37. The molecule has 102 valence electrons. The van der Waals surface area contributed by atoms with E-state index in [9.17, 15) is 0 Å². The second-order valence-electron chi connectivity index (χ2n) is 4.08. The van der Waals surface area contributed by atoms with Crippen molar-refractivity contribution < 1.29 is 9.47 Å². The normalized spacial score (nSPS) is 10.7. The summed E-state index contributed by atoms with van der Waals surface area (Å²) in [4.78, 5) is 0. The SMILES string of the molecule is CCOc1ccc2c(Cl)c(OCCCBr)ccc2c1. The molecular weight excluding hydrogens is 328 g/mol. The lowest BCUT2D eigenvalue weighted by molar-refractivity contribution is 0.319. The lowest BCUT2D eigenvalue weighted by Gasteiger charge is -2.10. The monoisotopic (exact) mass is 342 g/mol. The lowest BCUT2D eigenvalue weighted by Crippen LogP contribution is -1.98. The van der Waals surface area contributed by atoms with Crippen molar-refractivity contribution in [3.05, 3.63) is 35.4 Å². The molecule has 0 heterocycles. The van der Waals surface area contributed by atoms with Crippen LogP contribution in [-0.2, 0) is 0 Å². The van der Waals surface area contributed by atoms with E-state index in [0.29, 0.717) is 18.2 Å². The number of rotatable bonds is 6. The first-order valence-electron chi connectivity index (χ1n) is 6.30. The summed E-state index contributed by atoms with van der Waals surface area (Å²) < 4.78 is 11.2. The van der Waals surface area contributed by atoms with Crippen molar-refractivity contribution >= 4 is 38.3 Å². The van der Waals surface area contributed by atoms with Gasteiger partial charge in [0.2, 0.25) is 0 Å². The molecule has 0 spiro atoms. The molecule has 0 aromatic heterocycles. The molecule has 19 heavy (non-hydrogen) atoms. The van der Waals surface area contributed by atoms with E-state index in [-0.39, 0.29) is 0 Å². The Hall–Kier alpha value is -0.930. The molecular formula is C15H16BrClO2. The Balaban J connectivity index is 2.28. The van der Waals surface area contributed by atoms with Crippen LogP contribution in [0, 0.1) is 0 Å². The van der Waals surface area contributed by atoms with Crippen LogP contribution in [0.25, 0.3) is 10.8 Å². The Labute approximate surface area is 126 Å². The van der Waals surface area contributed by atoms with Gasteiger partial charge in [-0.2, -0.15) is 0 Å². The van der Waals surface area contributed by atoms with Gasteiger partial charge < -0.3 is 9.47 Å². The Morgan fingerprint density at radius 3 is 2.74 bits per heavy atom.